The van der Waals surface area contributed by atoms with E-state index in [1.54, 1.807) is 11.8 Å². The minimum atomic E-state index is -1.00. The number of rotatable bonds is 6. The van der Waals surface area contributed by atoms with Crippen molar-refractivity contribution in [1.82, 2.24) is 0 Å². The van der Waals surface area contributed by atoms with Crippen LogP contribution in [0.1, 0.15) is 25.0 Å². The lowest BCUT2D eigenvalue weighted by Gasteiger charge is -2.41. The molecule has 1 aliphatic rings. The van der Waals surface area contributed by atoms with E-state index in [1.807, 2.05) is 37.3 Å². The molecule has 0 saturated carbocycles. The summed E-state index contributed by atoms with van der Waals surface area (Å²) in [6, 6.07) is 18.3. The third-order valence-corrected chi connectivity index (χ3v) is 6.41. The van der Waals surface area contributed by atoms with Gasteiger partial charge in [-0.05, 0) is 36.5 Å². The van der Waals surface area contributed by atoms with E-state index in [2.05, 4.69) is 38.1 Å². The first kappa shape index (κ1) is 19.4. The standard InChI is InChI=1S/C22H27FO2S/c1-15-9-11-19(12-10-15)26-22-17(3)16(2)21(23)20(25-22)14-24-13-18-7-5-4-6-8-18/h4-12,16-17,20-22H,13-14H2,1-3H3. The molecule has 2 aromatic rings. The van der Waals surface area contributed by atoms with Crippen LogP contribution >= 0.6 is 11.8 Å². The molecular formula is C22H27FO2S. The highest BCUT2D eigenvalue weighted by Crippen LogP contribution is 2.40. The number of benzene rings is 2. The number of alkyl halides is 1. The van der Waals surface area contributed by atoms with Crippen LogP contribution in [0.2, 0.25) is 0 Å². The molecule has 2 nitrogen and oxygen atoms in total. The predicted molar refractivity (Wildman–Crippen MR) is 105 cm³/mol. The highest BCUT2D eigenvalue weighted by molar-refractivity contribution is 7.99. The summed E-state index contributed by atoms with van der Waals surface area (Å²) in [7, 11) is 0. The van der Waals surface area contributed by atoms with Gasteiger partial charge in [0.1, 0.15) is 17.7 Å². The van der Waals surface area contributed by atoms with Gasteiger partial charge in [0, 0.05) is 4.90 Å². The molecule has 5 unspecified atom stereocenters. The second kappa shape index (κ2) is 9.03. The molecule has 0 N–H and O–H groups in total. The predicted octanol–water partition coefficient (Wildman–Crippen LogP) is 5.64. The summed E-state index contributed by atoms with van der Waals surface area (Å²) in [6.07, 6.45) is -1.52. The quantitative estimate of drug-likeness (QED) is 0.652. The van der Waals surface area contributed by atoms with E-state index in [1.165, 1.54) is 5.56 Å². The minimum absolute atomic E-state index is 0.0583. The summed E-state index contributed by atoms with van der Waals surface area (Å²) in [5.41, 5.74) is 2.26. The van der Waals surface area contributed by atoms with Gasteiger partial charge in [-0.15, -0.1) is 0 Å². The van der Waals surface area contributed by atoms with Crippen LogP contribution < -0.4 is 0 Å². The lowest BCUT2D eigenvalue weighted by molar-refractivity contribution is -0.137. The van der Waals surface area contributed by atoms with Crippen molar-refractivity contribution < 1.29 is 13.9 Å². The molecule has 0 aliphatic carbocycles. The average Bonchev–Trinajstić information content (AvgIpc) is 2.66. The average molecular weight is 375 g/mol. The molecular weight excluding hydrogens is 347 g/mol. The number of hydrogen-bond donors (Lipinski definition) is 0. The van der Waals surface area contributed by atoms with Gasteiger partial charge in [0.2, 0.25) is 0 Å². The number of thioether (sulfide) groups is 1. The van der Waals surface area contributed by atoms with Gasteiger partial charge >= 0.3 is 0 Å². The van der Waals surface area contributed by atoms with Gasteiger partial charge in [-0.1, -0.05) is 73.6 Å². The lowest BCUT2D eigenvalue weighted by Crippen LogP contribution is -2.48. The van der Waals surface area contributed by atoms with Crippen LogP contribution in [0.4, 0.5) is 4.39 Å². The molecule has 140 valence electrons. The molecule has 1 heterocycles. The molecule has 26 heavy (non-hydrogen) atoms. The number of ether oxygens (including phenoxy) is 2. The Labute approximate surface area is 160 Å². The normalized spacial score (nSPS) is 28.8. The van der Waals surface area contributed by atoms with Crippen molar-refractivity contribution in [1.29, 1.82) is 0 Å². The van der Waals surface area contributed by atoms with Crippen molar-refractivity contribution in [3.05, 3.63) is 65.7 Å². The Morgan fingerprint density at radius 1 is 1.00 bits per heavy atom. The van der Waals surface area contributed by atoms with Crippen molar-refractivity contribution in [2.24, 2.45) is 11.8 Å². The molecule has 1 fully saturated rings. The van der Waals surface area contributed by atoms with Gasteiger partial charge in [-0.3, -0.25) is 0 Å². The second-order valence-electron chi connectivity index (χ2n) is 7.14. The Balaban J connectivity index is 1.59. The molecule has 0 spiro atoms. The fraction of sp³-hybridized carbons (Fsp3) is 0.455. The highest BCUT2D eigenvalue weighted by Gasteiger charge is 2.42. The Morgan fingerprint density at radius 3 is 2.38 bits per heavy atom. The zero-order valence-corrected chi connectivity index (χ0v) is 16.4. The lowest BCUT2D eigenvalue weighted by atomic mass is 9.87. The molecule has 1 aliphatic heterocycles. The van der Waals surface area contributed by atoms with E-state index in [9.17, 15) is 4.39 Å². The summed E-state index contributed by atoms with van der Waals surface area (Å²) < 4.78 is 26.6. The molecule has 2 aromatic carbocycles. The first-order chi connectivity index (χ1) is 12.5. The van der Waals surface area contributed by atoms with Crippen molar-refractivity contribution in [2.75, 3.05) is 6.61 Å². The molecule has 5 atom stereocenters. The number of halogens is 1. The van der Waals surface area contributed by atoms with Crippen LogP contribution in [0, 0.1) is 18.8 Å². The van der Waals surface area contributed by atoms with E-state index in [-0.39, 0.29) is 23.9 Å². The highest BCUT2D eigenvalue weighted by atomic mass is 32.2. The van der Waals surface area contributed by atoms with E-state index in [0.29, 0.717) is 6.61 Å². The van der Waals surface area contributed by atoms with Crippen LogP contribution in [-0.2, 0) is 16.1 Å². The summed E-state index contributed by atoms with van der Waals surface area (Å²) in [5, 5.41) is 0. The van der Waals surface area contributed by atoms with Crippen LogP contribution in [0.25, 0.3) is 0 Å². The van der Waals surface area contributed by atoms with Gasteiger partial charge in [0.15, 0.2) is 0 Å². The van der Waals surface area contributed by atoms with Crippen molar-refractivity contribution in [3.8, 4) is 0 Å². The topological polar surface area (TPSA) is 18.5 Å². The molecule has 0 aromatic heterocycles. The SMILES string of the molecule is Cc1ccc(SC2OC(COCc3ccccc3)C(F)C(C)C2C)cc1. The Morgan fingerprint density at radius 2 is 1.69 bits per heavy atom. The van der Waals surface area contributed by atoms with Crippen molar-refractivity contribution in [2.45, 2.75) is 50.0 Å². The summed E-state index contributed by atoms with van der Waals surface area (Å²) in [6.45, 7) is 6.88. The Hall–Kier alpha value is -1.36. The van der Waals surface area contributed by atoms with Crippen molar-refractivity contribution >= 4 is 11.8 Å². The maximum atomic E-state index is 14.8. The Kier molecular flexibility index (Phi) is 6.74. The summed E-state index contributed by atoms with van der Waals surface area (Å²) >= 11 is 1.68. The zero-order chi connectivity index (χ0) is 18.5. The van der Waals surface area contributed by atoms with E-state index < -0.39 is 12.3 Å². The third-order valence-electron chi connectivity index (χ3n) is 5.09. The monoisotopic (exact) mass is 374 g/mol. The van der Waals surface area contributed by atoms with E-state index in [4.69, 9.17) is 9.47 Å². The molecule has 0 amide bonds. The van der Waals surface area contributed by atoms with Crippen LogP contribution in [0.5, 0.6) is 0 Å². The summed E-state index contributed by atoms with van der Waals surface area (Å²) in [4.78, 5) is 1.15. The van der Waals surface area contributed by atoms with Crippen LogP contribution in [0.3, 0.4) is 0 Å². The van der Waals surface area contributed by atoms with Crippen molar-refractivity contribution in [3.63, 3.8) is 0 Å². The van der Waals surface area contributed by atoms with Gasteiger partial charge in [-0.2, -0.15) is 0 Å². The zero-order valence-electron chi connectivity index (χ0n) is 15.6. The number of aryl methyl sites for hydroxylation is 1. The minimum Gasteiger partial charge on any atom is -0.374 e. The molecule has 1 saturated heterocycles. The maximum Gasteiger partial charge on any atom is 0.131 e. The second-order valence-corrected chi connectivity index (χ2v) is 8.31. The van der Waals surface area contributed by atoms with Crippen LogP contribution in [-0.4, -0.2) is 24.3 Å². The molecule has 0 radical (unpaired) electrons. The Bertz CT molecular complexity index is 676. The molecule has 0 bridgehead atoms. The van der Waals surface area contributed by atoms with E-state index in [0.717, 1.165) is 10.5 Å². The van der Waals surface area contributed by atoms with Gasteiger partial charge in [0.25, 0.3) is 0 Å². The first-order valence-electron chi connectivity index (χ1n) is 9.19. The molecule has 4 heteroatoms. The fourth-order valence-corrected chi connectivity index (χ4v) is 4.35. The van der Waals surface area contributed by atoms with Gasteiger partial charge in [0.05, 0.1) is 13.2 Å². The fourth-order valence-electron chi connectivity index (χ4n) is 3.13. The first-order valence-corrected chi connectivity index (χ1v) is 10.1. The van der Waals surface area contributed by atoms with E-state index >= 15 is 0 Å². The molecule has 3 rings (SSSR count). The van der Waals surface area contributed by atoms with Crippen LogP contribution in [0.15, 0.2) is 59.5 Å². The maximum absolute atomic E-state index is 14.8. The smallest absolute Gasteiger partial charge is 0.131 e. The van der Waals surface area contributed by atoms with Gasteiger partial charge < -0.3 is 9.47 Å². The number of hydrogen-bond acceptors (Lipinski definition) is 3. The van der Waals surface area contributed by atoms with Gasteiger partial charge in [-0.25, -0.2) is 4.39 Å². The largest absolute Gasteiger partial charge is 0.374 e. The third kappa shape index (κ3) is 4.87. The summed E-state index contributed by atoms with van der Waals surface area (Å²) in [5.74, 6) is 0.0821.